The van der Waals surface area contributed by atoms with Gasteiger partial charge in [-0.3, -0.25) is 9.69 Å². The van der Waals surface area contributed by atoms with Crippen molar-refractivity contribution >= 4 is 5.78 Å². The number of nitrogens with zero attached hydrogens (tertiary/aromatic N) is 2. The van der Waals surface area contributed by atoms with Gasteiger partial charge in [0.2, 0.25) is 0 Å². The summed E-state index contributed by atoms with van der Waals surface area (Å²) < 4.78 is 0. The molecule has 0 aromatic heterocycles. The Balaban J connectivity index is 2.32. The van der Waals surface area contributed by atoms with Gasteiger partial charge >= 0.3 is 0 Å². The summed E-state index contributed by atoms with van der Waals surface area (Å²) in [5, 5.41) is 0. The third-order valence-corrected chi connectivity index (χ3v) is 7.67. The second-order valence-electron chi connectivity index (χ2n) is 9.84. The van der Waals surface area contributed by atoms with Gasteiger partial charge in [-0.05, 0) is 70.8 Å². The molecule has 0 aromatic carbocycles. The van der Waals surface area contributed by atoms with E-state index in [4.69, 9.17) is 0 Å². The lowest BCUT2D eigenvalue weighted by atomic mass is 9.72. The smallest absolute Gasteiger partial charge is 0.135 e. The van der Waals surface area contributed by atoms with Crippen LogP contribution in [-0.4, -0.2) is 54.3 Å². The predicted molar refractivity (Wildman–Crippen MR) is 123 cm³/mol. The standard InChI is InChI=1S/C25H50N2O/c1-8-11-21(4)12-13-23(6)27-18-16-26(17-19-27)15-14-22(5)20-25(9-2,10-3)24(7)28/h21-23H,8-20H2,1-7H3. The summed E-state index contributed by atoms with van der Waals surface area (Å²) >= 11 is 0. The van der Waals surface area contributed by atoms with Crippen molar-refractivity contribution in [2.75, 3.05) is 32.7 Å². The Morgan fingerprint density at radius 1 is 0.857 bits per heavy atom. The summed E-state index contributed by atoms with van der Waals surface area (Å²) in [6.45, 7) is 21.7. The van der Waals surface area contributed by atoms with Gasteiger partial charge in [-0.2, -0.15) is 0 Å². The highest BCUT2D eigenvalue weighted by Gasteiger charge is 2.33. The number of hydrogen-bond donors (Lipinski definition) is 0. The second kappa shape index (κ2) is 13.0. The van der Waals surface area contributed by atoms with E-state index in [1.807, 2.05) is 0 Å². The Labute approximate surface area is 176 Å². The van der Waals surface area contributed by atoms with Crippen LogP contribution in [0.2, 0.25) is 0 Å². The Hall–Kier alpha value is -0.410. The zero-order valence-corrected chi connectivity index (χ0v) is 20.2. The van der Waals surface area contributed by atoms with Crippen molar-refractivity contribution in [2.24, 2.45) is 17.3 Å². The molecule has 0 radical (unpaired) electrons. The number of carbonyl (C=O) groups excluding carboxylic acids is 1. The first-order chi connectivity index (χ1) is 13.3. The highest BCUT2D eigenvalue weighted by Crippen LogP contribution is 2.36. The van der Waals surface area contributed by atoms with Crippen molar-refractivity contribution in [3.05, 3.63) is 0 Å². The van der Waals surface area contributed by atoms with E-state index < -0.39 is 0 Å². The van der Waals surface area contributed by atoms with Crippen LogP contribution in [0.5, 0.6) is 0 Å². The Kier molecular flexibility index (Phi) is 11.9. The molecule has 0 spiro atoms. The zero-order valence-electron chi connectivity index (χ0n) is 20.2. The number of carbonyl (C=O) groups is 1. The van der Waals surface area contributed by atoms with Gasteiger partial charge in [0.05, 0.1) is 0 Å². The molecule has 3 heteroatoms. The first kappa shape index (κ1) is 25.6. The maximum atomic E-state index is 12.2. The van der Waals surface area contributed by atoms with Gasteiger partial charge in [-0.15, -0.1) is 0 Å². The molecule has 3 atom stereocenters. The van der Waals surface area contributed by atoms with Crippen molar-refractivity contribution in [3.8, 4) is 0 Å². The largest absolute Gasteiger partial charge is 0.301 e. The summed E-state index contributed by atoms with van der Waals surface area (Å²) in [6.07, 6.45) is 9.66. The SMILES string of the molecule is CCCC(C)CCC(C)N1CCN(CCC(C)CC(CC)(CC)C(C)=O)CC1. The van der Waals surface area contributed by atoms with Crippen LogP contribution in [0, 0.1) is 17.3 Å². The van der Waals surface area contributed by atoms with Crippen LogP contribution in [0.15, 0.2) is 0 Å². The fourth-order valence-electron chi connectivity index (χ4n) is 5.13. The minimum absolute atomic E-state index is 0.0809. The third-order valence-electron chi connectivity index (χ3n) is 7.67. The van der Waals surface area contributed by atoms with Crippen LogP contribution in [0.4, 0.5) is 0 Å². The van der Waals surface area contributed by atoms with E-state index in [9.17, 15) is 4.79 Å². The molecule has 0 bridgehead atoms. The van der Waals surface area contributed by atoms with Crippen LogP contribution >= 0.6 is 0 Å². The molecule has 1 heterocycles. The van der Waals surface area contributed by atoms with E-state index in [-0.39, 0.29) is 5.41 Å². The molecule has 0 aliphatic carbocycles. The van der Waals surface area contributed by atoms with E-state index in [0.29, 0.717) is 11.7 Å². The van der Waals surface area contributed by atoms with Crippen LogP contribution in [-0.2, 0) is 4.79 Å². The highest BCUT2D eigenvalue weighted by molar-refractivity contribution is 5.82. The quantitative estimate of drug-likeness (QED) is 0.360. The average Bonchev–Trinajstić information content (AvgIpc) is 2.69. The molecule has 3 nitrogen and oxygen atoms in total. The van der Waals surface area contributed by atoms with Crippen molar-refractivity contribution in [2.45, 2.75) is 106 Å². The minimum atomic E-state index is -0.0809. The van der Waals surface area contributed by atoms with E-state index in [1.165, 1.54) is 64.8 Å². The van der Waals surface area contributed by atoms with Gasteiger partial charge in [-0.1, -0.05) is 47.5 Å². The molecular weight excluding hydrogens is 344 g/mol. The van der Waals surface area contributed by atoms with Crippen LogP contribution in [0.3, 0.4) is 0 Å². The average molecular weight is 395 g/mol. The summed E-state index contributed by atoms with van der Waals surface area (Å²) in [7, 11) is 0. The van der Waals surface area contributed by atoms with Crippen LogP contribution in [0.1, 0.15) is 99.8 Å². The second-order valence-corrected chi connectivity index (χ2v) is 9.84. The van der Waals surface area contributed by atoms with Crippen LogP contribution < -0.4 is 0 Å². The topological polar surface area (TPSA) is 23.6 Å². The Morgan fingerprint density at radius 3 is 1.96 bits per heavy atom. The molecular formula is C25H50N2O. The first-order valence-corrected chi connectivity index (χ1v) is 12.2. The van der Waals surface area contributed by atoms with Crippen LogP contribution in [0.25, 0.3) is 0 Å². The summed E-state index contributed by atoms with van der Waals surface area (Å²) in [5.41, 5.74) is -0.0809. The Morgan fingerprint density at radius 2 is 1.46 bits per heavy atom. The number of piperazine rings is 1. The summed E-state index contributed by atoms with van der Waals surface area (Å²) in [5.74, 6) is 1.89. The number of hydrogen-bond acceptors (Lipinski definition) is 3. The number of ketones is 1. The molecule has 0 amide bonds. The Bertz CT molecular complexity index is 424. The lowest BCUT2D eigenvalue weighted by Gasteiger charge is -2.39. The van der Waals surface area contributed by atoms with Gasteiger partial charge in [0.25, 0.3) is 0 Å². The maximum absolute atomic E-state index is 12.2. The van der Waals surface area contributed by atoms with E-state index in [0.717, 1.165) is 31.2 Å². The molecule has 28 heavy (non-hydrogen) atoms. The van der Waals surface area contributed by atoms with Gasteiger partial charge in [0, 0.05) is 37.6 Å². The zero-order chi connectivity index (χ0) is 21.2. The minimum Gasteiger partial charge on any atom is -0.301 e. The lowest BCUT2D eigenvalue weighted by molar-refractivity contribution is -0.128. The summed E-state index contributed by atoms with van der Waals surface area (Å²) in [6, 6.07) is 0.727. The molecule has 0 aromatic rings. The molecule has 0 N–H and O–H groups in total. The fraction of sp³-hybridized carbons (Fsp3) is 0.960. The normalized spacial score (nSPS) is 20.1. The van der Waals surface area contributed by atoms with E-state index in [2.05, 4.69) is 51.3 Å². The predicted octanol–water partition coefficient (Wildman–Crippen LogP) is 6.02. The maximum Gasteiger partial charge on any atom is 0.135 e. The van der Waals surface area contributed by atoms with Gasteiger partial charge in [0.1, 0.15) is 5.78 Å². The molecule has 1 rings (SSSR count). The van der Waals surface area contributed by atoms with E-state index >= 15 is 0 Å². The van der Waals surface area contributed by atoms with Gasteiger partial charge < -0.3 is 4.90 Å². The van der Waals surface area contributed by atoms with Crippen molar-refractivity contribution in [1.82, 2.24) is 9.80 Å². The molecule has 1 saturated heterocycles. The molecule has 166 valence electrons. The molecule has 3 unspecified atom stereocenters. The molecule has 1 aliphatic rings. The third kappa shape index (κ3) is 8.14. The first-order valence-electron chi connectivity index (χ1n) is 12.2. The number of rotatable bonds is 14. The van der Waals surface area contributed by atoms with Crippen molar-refractivity contribution in [3.63, 3.8) is 0 Å². The lowest BCUT2D eigenvalue weighted by Crippen LogP contribution is -2.49. The van der Waals surface area contributed by atoms with Gasteiger partial charge in [0.15, 0.2) is 0 Å². The summed E-state index contributed by atoms with van der Waals surface area (Å²) in [4.78, 5) is 17.5. The molecule has 1 aliphatic heterocycles. The molecule has 0 saturated carbocycles. The van der Waals surface area contributed by atoms with Crippen molar-refractivity contribution in [1.29, 1.82) is 0 Å². The number of Topliss-reactive ketones (excluding diaryl/α,β-unsaturated/α-hetero) is 1. The van der Waals surface area contributed by atoms with Crippen molar-refractivity contribution < 1.29 is 4.79 Å². The monoisotopic (exact) mass is 394 g/mol. The fourth-order valence-corrected chi connectivity index (χ4v) is 5.13. The van der Waals surface area contributed by atoms with E-state index in [1.54, 1.807) is 6.92 Å². The molecule has 1 fully saturated rings. The highest BCUT2D eigenvalue weighted by atomic mass is 16.1. The van der Waals surface area contributed by atoms with Gasteiger partial charge in [-0.25, -0.2) is 0 Å².